The van der Waals surface area contributed by atoms with Gasteiger partial charge in [-0.15, -0.1) is 0 Å². The molecule has 0 bridgehead atoms. The van der Waals surface area contributed by atoms with Crippen LogP contribution >= 0.6 is 0 Å². The topological polar surface area (TPSA) is 64.6 Å². The third kappa shape index (κ3) is 3.85. The number of hydrogen-bond donors (Lipinski definition) is 1. The summed E-state index contributed by atoms with van der Waals surface area (Å²) in [7, 11) is -0.772. The Morgan fingerprint density at radius 1 is 1.08 bits per heavy atom. The SMILES string of the molecule is COc1ccc(OC)c(C(C)NS(=O)(=O)c2ccc(F)cc2C)c1. The van der Waals surface area contributed by atoms with Crippen molar-refractivity contribution in [2.45, 2.75) is 24.8 Å². The highest BCUT2D eigenvalue weighted by Crippen LogP contribution is 2.30. The zero-order chi connectivity index (χ0) is 17.9. The molecule has 1 N–H and O–H groups in total. The second kappa shape index (κ2) is 7.19. The number of methoxy groups -OCH3 is 2. The van der Waals surface area contributed by atoms with Crippen molar-refractivity contribution in [1.29, 1.82) is 0 Å². The molecule has 0 aromatic heterocycles. The monoisotopic (exact) mass is 353 g/mol. The average molecular weight is 353 g/mol. The lowest BCUT2D eigenvalue weighted by Crippen LogP contribution is -2.27. The quantitative estimate of drug-likeness (QED) is 0.866. The summed E-state index contributed by atoms with van der Waals surface area (Å²) >= 11 is 0. The van der Waals surface area contributed by atoms with E-state index in [9.17, 15) is 12.8 Å². The summed E-state index contributed by atoms with van der Waals surface area (Å²) in [6.07, 6.45) is 0. The third-order valence-electron chi connectivity index (χ3n) is 3.66. The van der Waals surface area contributed by atoms with Crippen LogP contribution < -0.4 is 14.2 Å². The minimum Gasteiger partial charge on any atom is -0.497 e. The molecule has 7 heteroatoms. The molecule has 0 aliphatic carbocycles. The molecule has 0 heterocycles. The Kier molecular flexibility index (Phi) is 5.46. The summed E-state index contributed by atoms with van der Waals surface area (Å²) in [5.41, 5.74) is 0.979. The number of aryl methyl sites for hydroxylation is 1. The van der Waals surface area contributed by atoms with Gasteiger partial charge in [-0.1, -0.05) is 0 Å². The highest BCUT2D eigenvalue weighted by atomic mass is 32.2. The molecule has 0 amide bonds. The van der Waals surface area contributed by atoms with Gasteiger partial charge in [0.05, 0.1) is 19.1 Å². The fourth-order valence-corrected chi connectivity index (χ4v) is 3.90. The molecule has 24 heavy (non-hydrogen) atoms. The Hall–Kier alpha value is -2.12. The Morgan fingerprint density at radius 2 is 1.79 bits per heavy atom. The molecule has 0 aliphatic heterocycles. The van der Waals surface area contributed by atoms with Gasteiger partial charge in [0.15, 0.2) is 0 Å². The van der Waals surface area contributed by atoms with Gasteiger partial charge in [-0.2, -0.15) is 0 Å². The second-order valence-electron chi connectivity index (χ2n) is 5.36. The van der Waals surface area contributed by atoms with Crippen LogP contribution in [0.25, 0.3) is 0 Å². The minimum absolute atomic E-state index is 0.0395. The molecule has 0 saturated heterocycles. The van der Waals surface area contributed by atoms with Gasteiger partial charge in [-0.25, -0.2) is 17.5 Å². The van der Waals surface area contributed by atoms with E-state index in [1.165, 1.54) is 26.4 Å². The maximum absolute atomic E-state index is 13.2. The molecular weight excluding hydrogens is 333 g/mol. The molecule has 0 spiro atoms. The zero-order valence-electron chi connectivity index (χ0n) is 14.0. The highest BCUT2D eigenvalue weighted by Gasteiger charge is 2.22. The predicted octanol–water partition coefficient (Wildman–Crippen LogP) is 3.19. The number of rotatable bonds is 6. The Balaban J connectivity index is 2.36. The number of ether oxygens (including phenoxy) is 2. The third-order valence-corrected chi connectivity index (χ3v) is 5.36. The molecule has 130 valence electrons. The van der Waals surface area contributed by atoms with E-state index in [0.717, 1.165) is 6.07 Å². The molecule has 2 aromatic rings. The second-order valence-corrected chi connectivity index (χ2v) is 7.04. The van der Waals surface area contributed by atoms with E-state index >= 15 is 0 Å². The first-order valence-corrected chi connectivity index (χ1v) is 8.77. The Bertz CT molecular complexity index is 836. The van der Waals surface area contributed by atoms with Crippen molar-refractivity contribution in [2.75, 3.05) is 14.2 Å². The van der Waals surface area contributed by atoms with Gasteiger partial charge in [0, 0.05) is 11.6 Å². The maximum atomic E-state index is 13.2. The van der Waals surface area contributed by atoms with Gasteiger partial charge in [-0.05, 0) is 55.8 Å². The van der Waals surface area contributed by atoms with Crippen LogP contribution in [-0.4, -0.2) is 22.6 Å². The van der Waals surface area contributed by atoms with Gasteiger partial charge >= 0.3 is 0 Å². The number of nitrogens with one attached hydrogen (secondary N) is 1. The first kappa shape index (κ1) is 18.2. The van der Waals surface area contributed by atoms with Gasteiger partial charge in [0.2, 0.25) is 10.0 Å². The Labute approximate surface area is 141 Å². The van der Waals surface area contributed by atoms with Crippen molar-refractivity contribution in [2.24, 2.45) is 0 Å². The smallest absolute Gasteiger partial charge is 0.241 e. The van der Waals surface area contributed by atoms with Crippen LogP contribution in [0.5, 0.6) is 11.5 Å². The molecule has 0 saturated carbocycles. The van der Waals surface area contributed by atoms with Crippen molar-refractivity contribution in [3.05, 3.63) is 53.3 Å². The molecule has 1 unspecified atom stereocenters. The summed E-state index contributed by atoms with van der Waals surface area (Å²) in [6.45, 7) is 3.25. The van der Waals surface area contributed by atoms with Crippen LogP contribution in [0.2, 0.25) is 0 Å². The molecule has 5 nitrogen and oxygen atoms in total. The van der Waals surface area contributed by atoms with Crippen molar-refractivity contribution in [3.63, 3.8) is 0 Å². The largest absolute Gasteiger partial charge is 0.497 e. The molecule has 0 radical (unpaired) electrons. The molecular formula is C17H20FNO4S. The maximum Gasteiger partial charge on any atom is 0.241 e. The number of halogens is 1. The summed E-state index contributed by atoms with van der Waals surface area (Å²) in [5.74, 6) is 0.658. The fourth-order valence-electron chi connectivity index (χ4n) is 2.45. The van der Waals surface area contributed by atoms with E-state index in [1.54, 1.807) is 32.0 Å². The average Bonchev–Trinajstić information content (AvgIpc) is 2.53. The van der Waals surface area contributed by atoms with Crippen LogP contribution in [0, 0.1) is 12.7 Å². The molecule has 2 rings (SSSR count). The van der Waals surface area contributed by atoms with E-state index in [-0.39, 0.29) is 4.90 Å². The number of benzene rings is 2. The van der Waals surface area contributed by atoms with E-state index in [1.807, 2.05) is 0 Å². The molecule has 2 aromatic carbocycles. The lowest BCUT2D eigenvalue weighted by Gasteiger charge is -2.19. The van der Waals surface area contributed by atoms with Crippen molar-refractivity contribution < 1.29 is 22.3 Å². The minimum atomic E-state index is -3.81. The zero-order valence-corrected chi connectivity index (χ0v) is 14.8. The number of hydrogen-bond acceptors (Lipinski definition) is 4. The lowest BCUT2D eigenvalue weighted by molar-refractivity contribution is 0.395. The fraction of sp³-hybridized carbons (Fsp3) is 0.294. The van der Waals surface area contributed by atoms with Gasteiger partial charge < -0.3 is 9.47 Å². The normalized spacial score (nSPS) is 12.7. The van der Waals surface area contributed by atoms with Gasteiger partial charge in [0.25, 0.3) is 0 Å². The van der Waals surface area contributed by atoms with Gasteiger partial charge in [0.1, 0.15) is 17.3 Å². The number of sulfonamides is 1. The summed E-state index contributed by atoms with van der Waals surface area (Å²) in [5, 5.41) is 0. The van der Waals surface area contributed by atoms with Crippen LogP contribution in [0.4, 0.5) is 4.39 Å². The highest BCUT2D eigenvalue weighted by molar-refractivity contribution is 7.89. The molecule has 0 fully saturated rings. The summed E-state index contributed by atoms with van der Waals surface area (Å²) in [4.78, 5) is 0.0395. The van der Waals surface area contributed by atoms with Gasteiger partial charge in [-0.3, -0.25) is 0 Å². The van der Waals surface area contributed by atoms with Crippen LogP contribution in [0.15, 0.2) is 41.3 Å². The van der Waals surface area contributed by atoms with E-state index in [2.05, 4.69) is 4.72 Å². The van der Waals surface area contributed by atoms with E-state index in [0.29, 0.717) is 22.6 Å². The van der Waals surface area contributed by atoms with E-state index < -0.39 is 21.9 Å². The predicted molar refractivity (Wildman–Crippen MR) is 89.4 cm³/mol. The van der Waals surface area contributed by atoms with Crippen LogP contribution in [0.3, 0.4) is 0 Å². The van der Waals surface area contributed by atoms with Crippen molar-refractivity contribution in [1.82, 2.24) is 4.72 Å². The van der Waals surface area contributed by atoms with Crippen LogP contribution in [0.1, 0.15) is 24.1 Å². The van der Waals surface area contributed by atoms with Crippen molar-refractivity contribution in [3.8, 4) is 11.5 Å². The summed E-state index contributed by atoms with van der Waals surface area (Å²) < 4.78 is 51.4. The first-order chi connectivity index (χ1) is 11.3. The molecule has 1 atom stereocenters. The van der Waals surface area contributed by atoms with Crippen molar-refractivity contribution >= 4 is 10.0 Å². The lowest BCUT2D eigenvalue weighted by atomic mass is 10.1. The Morgan fingerprint density at radius 3 is 2.38 bits per heavy atom. The summed E-state index contributed by atoms with van der Waals surface area (Å²) in [6, 6.07) is 8.15. The standard InChI is InChI=1S/C17H20FNO4S/c1-11-9-13(18)5-8-17(11)24(20,21)19-12(2)15-10-14(22-3)6-7-16(15)23-4/h5-10,12,19H,1-4H3. The first-order valence-electron chi connectivity index (χ1n) is 7.29. The van der Waals surface area contributed by atoms with E-state index in [4.69, 9.17) is 9.47 Å². The van der Waals surface area contributed by atoms with Crippen LogP contribution in [-0.2, 0) is 10.0 Å². The molecule has 0 aliphatic rings.